The molecule has 1 aromatic heterocycles. The van der Waals surface area contributed by atoms with Gasteiger partial charge in [-0.15, -0.1) is 0 Å². The van der Waals surface area contributed by atoms with Crippen LogP contribution >= 0.6 is 0 Å². The molecule has 0 spiro atoms. The van der Waals surface area contributed by atoms with Crippen molar-refractivity contribution in [3.05, 3.63) is 34.7 Å². The molecule has 1 aliphatic heterocycles. The molecule has 116 valence electrons. The molecule has 2 rings (SSSR count). The average Bonchev–Trinajstić information content (AvgIpc) is 3.00. The zero-order valence-corrected chi connectivity index (χ0v) is 12.3. The van der Waals surface area contributed by atoms with Crippen molar-refractivity contribution in [2.45, 2.75) is 38.3 Å². The summed E-state index contributed by atoms with van der Waals surface area (Å²) in [5, 5.41) is 3.09. The number of nitrogens with one attached hydrogen (secondary N) is 1. The summed E-state index contributed by atoms with van der Waals surface area (Å²) in [6.07, 6.45) is 6.10. The van der Waals surface area contributed by atoms with E-state index in [1.807, 2.05) is 12.3 Å². The molecule has 6 nitrogen and oxygen atoms in total. The van der Waals surface area contributed by atoms with Gasteiger partial charge in [0.15, 0.2) is 5.96 Å². The Morgan fingerprint density at radius 2 is 2.38 bits per heavy atom. The fourth-order valence-electron chi connectivity index (χ4n) is 2.31. The third kappa shape index (κ3) is 5.59. The number of unbranched alkanes of at least 4 members (excludes halogenated alkanes) is 1. The minimum absolute atomic E-state index is 0.0445. The largest absolute Gasteiger partial charge is 0.376 e. The van der Waals surface area contributed by atoms with Crippen molar-refractivity contribution < 1.29 is 4.74 Å². The van der Waals surface area contributed by atoms with Crippen LogP contribution in [0.4, 0.5) is 0 Å². The summed E-state index contributed by atoms with van der Waals surface area (Å²) < 4.78 is 7.20. The van der Waals surface area contributed by atoms with Crippen LogP contribution < -0.4 is 16.6 Å². The van der Waals surface area contributed by atoms with E-state index in [2.05, 4.69) is 10.3 Å². The summed E-state index contributed by atoms with van der Waals surface area (Å²) in [4.78, 5) is 15.8. The van der Waals surface area contributed by atoms with Crippen LogP contribution in [0.1, 0.15) is 25.7 Å². The van der Waals surface area contributed by atoms with E-state index < -0.39 is 0 Å². The van der Waals surface area contributed by atoms with Crippen molar-refractivity contribution in [2.75, 3.05) is 19.7 Å². The van der Waals surface area contributed by atoms with Crippen molar-refractivity contribution in [1.82, 2.24) is 9.88 Å². The van der Waals surface area contributed by atoms with Gasteiger partial charge in [0.1, 0.15) is 0 Å². The number of nitrogens with zero attached hydrogens (tertiary/aromatic N) is 2. The van der Waals surface area contributed by atoms with E-state index in [4.69, 9.17) is 10.5 Å². The van der Waals surface area contributed by atoms with E-state index in [0.29, 0.717) is 12.5 Å². The molecule has 1 aliphatic rings. The van der Waals surface area contributed by atoms with Crippen LogP contribution in [-0.2, 0) is 11.3 Å². The van der Waals surface area contributed by atoms with E-state index in [1.165, 1.54) is 0 Å². The number of hydrogen-bond acceptors (Lipinski definition) is 3. The first-order chi connectivity index (χ1) is 10.3. The van der Waals surface area contributed by atoms with Crippen molar-refractivity contribution in [2.24, 2.45) is 10.7 Å². The zero-order valence-electron chi connectivity index (χ0n) is 12.3. The maximum absolute atomic E-state index is 11.5. The molecule has 6 heteroatoms. The van der Waals surface area contributed by atoms with Gasteiger partial charge in [-0.05, 0) is 31.7 Å². The zero-order chi connectivity index (χ0) is 14.9. The fraction of sp³-hybridized carbons (Fsp3) is 0.600. The lowest BCUT2D eigenvalue weighted by atomic mass is 10.2. The minimum atomic E-state index is 0.0445. The number of rotatable bonds is 7. The Bertz CT molecular complexity index is 506. The van der Waals surface area contributed by atoms with Crippen LogP contribution in [0.15, 0.2) is 34.2 Å². The van der Waals surface area contributed by atoms with Crippen molar-refractivity contribution in [3.8, 4) is 0 Å². The molecule has 1 unspecified atom stereocenters. The first kappa shape index (κ1) is 15.6. The van der Waals surface area contributed by atoms with Crippen LogP contribution in [0.25, 0.3) is 0 Å². The molecule has 0 bridgehead atoms. The van der Waals surface area contributed by atoms with Gasteiger partial charge in [0.05, 0.1) is 12.6 Å². The Morgan fingerprint density at radius 1 is 1.48 bits per heavy atom. The number of nitrogens with two attached hydrogens (primary N) is 1. The molecule has 0 aromatic carbocycles. The average molecular weight is 292 g/mol. The predicted octanol–water partition coefficient (Wildman–Crippen LogP) is 0.712. The summed E-state index contributed by atoms with van der Waals surface area (Å²) in [6.45, 7) is 2.97. The highest BCUT2D eigenvalue weighted by Crippen LogP contribution is 2.11. The second-order valence-corrected chi connectivity index (χ2v) is 5.23. The van der Waals surface area contributed by atoms with Crippen LogP contribution in [0.3, 0.4) is 0 Å². The van der Waals surface area contributed by atoms with E-state index in [9.17, 15) is 4.79 Å². The lowest BCUT2D eigenvalue weighted by Gasteiger charge is -2.09. The molecule has 3 N–H and O–H groups in total. The van der Waals surface area contributed by atoms with E-state index in [0.717, 1.165) is 45.4 Å². The topological polar surface area (TPSA) is 81.6 Å². The normalized spacial score (nSPS) is 18.9. The first-order valence-electron chi connectivity index (χ1n) is 7.56. The van der Waals surface area contributed by atoms with E-state index >= 15 is 0 Å². The maximum atomic E-state index is 11.5. The second-order valence-electron chi connectivity index (χ2n) is 5.23. The lowest BCUT2D eigenvalue weighted by Crippen LogP contribution is -2.33. The Balaban J connectivity index is 1.57. The van der Waals surface area contributed by atoms with Crippen LogP contribution in [0.5, 0.6) is 0 Å². The second kappa shape index (κ2) is 8.46. The molecular weight excluding hydrogens is 268 g/mol. The Kier molecular flexibility index (Phi) is 6.27. The summed E-state index contributed by atoms with van der Waals surface area (Å²) in [7, 11) is 0. The number of guanidine groups is 1. The summed E-state index contributed by atoms with van der Waals surface area (Å²) in [6, 6.07) is 5.20. The molecule has 1 fully saturated rings. The summed E-state index contributed by atoms with van der Waals surface area (Å²) in [5.74, 6) is 0.474. The number of aryl methyl sites for hydroxylation is 1. The summed E-state index contributed by atoms with van der Waals surface area (Å²) >= 11 is 0. The number of aromatic nitrogens is 1. The number of ether oxygens (including phenoxy) is 1. The van der Waals surface area contributed by atoms with Gasteiger partial charge in [-0.2, -0.15) is 0 Å². The number of pyridine rings is 1. The fourth-order valence-corrected chi connectivity index (χ4v) is 2.31. The molecule has 1 aromatic rings. The first-order valence-corrected chi connectivity index (χ1v) is 7.56. The molecule has 1 atom stereocenters. The lowest BCUT2D eigenvalue weighted by molar-refractivity contribution is 0.118. The van der Waals surface area contributed by atoms with Gasteiger partial charge in [0, 0.05) is 32.0 Å². The molecule has 0 amide bonds. The SMILES string of the molecule is NC(=NCC1CCCO1)NCCCCn1ccccc1=O. The van der Waals surface area contributed by atoms with Gasteiger partial charge in [-0.25, -0.2) is 0 Å². The van der Waals surface area contributed by atoms with Crippen molar-refractivity contribution in [3.63, 3.8) is 0 Å². The standard InChI is InChI=1S/C15H24N4O2/c16-15(18-12-13-6-5-11-21-13)17-8-2-4-10-19-9-3-1-7-14(19)20/h1,3,7,9,13H,2,4-6,8,10-12H2,(H3,16,17,18). The molecule has 1 saturated heterocycles. The molecule has 2 heterocycles. The van der Waals surface area contributed by atoms with Gasteiger partial charge >= 0.3 is 0 Å². The number of aliphatic imine (C=N–C) groups is 1. The quantitative estimate of drug-likeness (QED) is 0.440. The van der Waals surface area contributed by atoms with Crippen LogP contribution in [-0.4, -0.2) is 36.3 Å². The van der Waals surface area contributed by atoms with Gasteiger partial charge in [-0.3, -0.25) is 9.79 Å². The highest BCUT2D eigenvalue weighted by atomic mass is 16.5. The van der Waals surface area contributed by atoms with Gasteiger partial charge in [-0.1, -0.05) is 6.07 Å². The minimum Gasteiger partial charge on any atom is -0.376 e. The van der Waals surface area contributed by atoms with Gasteiger partial charge < -0.3 is 20.4 Å². The smallest absolute Gasteiger partial charge is 0.250 e. The monoisotopic (exact) mass is 292 g/mol. The maximum Gasteiger partial charge on any atom is 0.250 e. The van der Waals surface area contributed by atoms with Crippen molar-refractivity contribution in [1.29, 1.82) is 0 Å². The van der Waals surface area contributed by atoms with E-state index in [1.54, 1.807) is 16.7 Å². The van der Waals surface area contributed by atoms with E-state index in [-0.39, 0.29) is 11.7 Å². The Labute approximate surface area is 125 Å². The highest BCUT2D eigenvalue weighted by Gasteiger charge is 2.14. The third-order valence-corrected chi connectivity index (χ3v) is 3.52. The van der Waals surface area contributed by atoms with Gasteiger partial charge in [0.2, 0.25) is 5.56 Å². The molecule has 0 radical (unpaired) electrons. The van der Waals surface area contributed by atoms with Crippen LogP contribution in [0.2, 0.25) is 0 Å². The Morgan fingerprint density at radius 3 is 3.14 bits per heavy atom. The summed E-state index contributed by atoms with van der Waals surface area (Å²) in [5.41, 5.74) is 5.84. The van der Waals surface area contributed by atoms with Crippen LogP contribution in [0, 0.1) is 0 Å². The van der Waals surface area contributed by atoms with Gasteiger partial charge in [0.25, 0.3) is 0 Å². The molecular formula is C15H24N4O2. The molecule has 0 aliphatic carbocycles. The predicted molar refractivity (Wildman–Crippen MR) is 83.4 cm³/mol. The van der Waals surface area contributed by atoms with Crippen molar-refractivity contribution >= 4 is 5.96 Å². The number of hydrogen-bond donors (Lipinski definition) is 2. The Hall–Kier alpha value is -1.82. The molecule has 0 saturated carbocycles. The molecule has 21 heavy (non-hydrogen) atoms. The highest BCUT2D eigenvalue weighted by molar-refractivity contribution is 5.77. The third-order valence-electron chi connectivity index (χ3n) is 3.52.